The van der Waals surface area contributed by atoms with E-state index in [1.165, 1.54) is 36.4 Å². The van der Waals surface area contributed by atoms with Gasteiger partial charge in [0.25, 0.3) is 5.91 Å². The highest BCUT2D eigenvalue weighted by atomic mass is 35.5. The van der Waals surface area contributed by atoms with Crippen LogP contribution in [0.5, 0.6) is 0 Å². The topological polar surface area (TPSA) is 101 Å². The fraction of sp³-hybridized carbons (Fsp3) is 0.323. The van der Waals surface area contributed by atoms with Crippen molar-refractivity contribution in [3.05, 3.63) is 116 Å². The third-order valence-electron chi connectivity index (χ3n) is 8.09. The Labute approximate surface area is 252 Å². The minimum absolute atomic E-state index is 0.0168. The Hall–Kier alpha value is -3.34. The first-order valence-corrected chi connectivity index (χ1v) is 14.4. The molecule has 6 rings (SSSR count). The number of aromatic nitrogens is 3. The molecule has 1 saturated carbocycles. The lowest BCUT2D eigenvalue weighted by atomic mass is 9.85. The van der Waals surface area contributed by atoms with Gasteiger partial charge in [-0.2, -0.15) is 5.10 Å². The van der Waals surface area contributed by atoms with E-state index in [0.29, 0.717) is 46.3 Å². The molecule has 0 saturated heterocycles. The van der Waals surface area contributed by atoms with Crippen molar-refractivity contribution in [3.8, 4) is 0 Å². The van der Waals surface area contributed by atoms with Crippen molar-refractivity contribution in [1.82, 2.24) is 19.7 Å². The Balaban J connectivity index is 1.55. The van der Waals surface area contributed by atoms with Gasteiger partial charge in [-0.1, -0.05) is 35.3 Å². The first kappa shape index (κ1) is 28.8. The molecule has 1 fully saturated rings. The van der Waals surface area contributed by atoms with Gasteiger partial charge in [-0.15, -0.1) is 0 Å². The Morgan fingerprint density at radius 2 is 1.79 bits per heavy atom. The number of aliphatic hydroxyl groups is 2. The van der Waals surface area contributed by atoms with Gasteiger partial charge in [0.2, 0.25) is 0 Å². The second kappa shape index (κ2) is 10.4. The molecule has 2 N–H and O–H groups in total. The maximum atomic E-state index is 16.6. The van der Waals surface area contributed by atoms with E-state index in [1.54, 1.807) is 47.3 Å². The maximum Gasteiger partial charge on any atom is 0.257 e. The zero-order valence-electron chi connectivity index (χ0n) is 23.0. The first-order valence-electron chi connectivity index (χ1n) is 13.6. The fourth-order valence-electron chi connectivity index (χ4n) is 5.36. The summed E-state index contributed by atoms with van der Waals surface area (Å²) in [7, 11) is 0. The lowest BCUT2D eigenvalue weighted by Gasteiger charge is -2.40. The smallest absolute Gasteiger partial charge is 0.257 e. The summed E-state index contributed by atoms with van der Waals surface area (Å²) >= 11 is 12.3. The van der Waals surface area contributed by atoms with E-state index in [9.17, 15) is 15.0 Å². The number of ether oxygens (including phenoxy) is 1. The van der Waals surface area contributed by atoms with Gasteiger partial charge in [0.15, 0.2) is 5.72 Å². The van der Waals surface area contributed by atoms with Crippen LogP contribution in [0.3, 0.4) is 0 Å². The number of pyridine rings is 1. The molecule has 11 heteroatoms. The van der Waals surface area contributed by atoms with Gasteiger partial charge < -0.3 is 14.9 Å². The van der Waals surface area contributed by atoms with Crippen molar-refractivity contribution in [1.29, 1.82) is 0 Å². The quantitative estimate of drug-likeness (QED) is 0.263. The summed E-state index contributed by atoms with van der Waals surface area (Å²) < 4.78 is 24.7. The standard InChI is InChI=1S/C31H29Cl2FN4O4/c1-3-37-16-21(14-36-37)29(2,40)20-12-25-27(26(34)13-20)31(42-18-30(41)10-11-30,19-4-6-22(32)7-5-19)38(28(25)39)17-24-9-8-23(33)15-35-24/h4-9,12-16,40-41H,3,10-11,17-18H2,1-2H3/t29?,31-/m1/s1. The maximum absolute atomic E-state index is 16.6. The van der Waals surface area contributed by atoms with Crippen LogP contribution in [0.4, 0.5) is 4.39 Å². The SMILES string of the molecule is CCn1cc(C(C)(O)c2cc(F)c3c(c2)C(=O)N(Cc2ccc(Cl)cn2)[C@@]3(OCC2(O)CC2)c2ccc(Cl)cc2)cn1. The van der Waals surface area contributed by atoms with E-state index in [1.807, 2.05) is 6.92 Å². The van der Waals surface area contributed by atoms with E-state index in [-0.39, 0.29) is 29.8 Å². The molecule has 3 heterocycles. The van der Waals surface area contributed by atoms with Crippen LogP contribution in [0.1, 0.15) is 65.0 Å². The number of benzene rings is 2. The molecule has 0 radical (unpaired) electrons. The molecular weight excluding hydrogens is 582 g/mol. The fourth-order valence-corrected chi connectivity index (χ4v) is 5.60. The largest absolute Gasteiger partial charge is 0.387 e. The molecule has 42 heavy (non-hydrogen) atoms. The highest BCUT2D eigenvalue weighted by Gasteiger charge is 2.56. The molecule has 2 atom stereocenters. The van der Waals surface area contributed by atoms with Crippen LogP contribution in [0.15, 0.2) is 67.1 Å². The average Bonchev–Trinajstić information content (AvgIpc) is 3.41. The van der Waals surface area contributed by atoms with Gasteiger partial charge >= 0.3 is 0 Å². The Morgan fingerprint density at radius 3 is 2.40 bits per heavy atom. The van der Waals surface area contributed by atoms with Crippen molar-refractivity contribution >= 4 is 29.1 Å². The zero-order chi connectivity index (χ0) is 29.9. The lowest BCUT2D eigenvalue weighted by molar-refractivity contribution is -0.139. The van der Waals surface area contributed by atoms with Gasteiger partial charge in [0, 0.05) is 35.1 Å². The van der Waals surface area contributed by atoms with Crippen molar-refractivity contribution in [2.24, 2.45) is 0 Å². The molecule has 2 aliphatic rings. The number of amides is 1. The molecule has 2 aromatic heterocycles. The molecule has 1 unspecified atom stereocenters. The third kappa shape index (κ3) is 4.89. The Morgan fingerprint density at radius 1 is 1.07 bits per heavy atom. The van der Waals surface area contributed by atoms with Crippen molar-refractivity contribution < 1.29 is 24.1 Å². The number of aryl methyl sites for hydroxylation is 1. The summed E-state index contributed by atoms with van der Waals surface area (Å²) in [6.07, 6.45) is 5.72. The predicted octanol–water partition coefficient (Wildman–Crippen LogP) is 5.40. The molecule has 1 aliphatic heterocycles. The minimum atomic E-state index is -1.77. The molecule has 4 aromatic rings. The lowest BCUT2D eigenvalue weighted by Crippen LogP contribution is -2.48. The summed E-state index contributed by atoms with van der Waals surface area (Å²) in [5, 5.41) is 27.5. The molecular formula is C31H29Cl2FN4O4. The Bertz CT molecular complexity index is 1650. The Kier molecular flexibility index (Phi) is 7.14. The molecule has 218 valence electrons. The normalized spacial score (nSPS) is 20.5. The summed E-state index contributed by atoms with van der Waals surface area (Å²) in [6.45, 7) is 3.85. The number of carbonyl (C=O) groups is 1. The summed E-state index contributed by atoms with van der Waals surface area (Å²) in [5.74, 6) is -1.27. The molecule has 8 nitrogen and oxygen atoms in total. The minimum Gasteiger partial charge on any atom is -0.387 e. The van der Waals surface area contributed by atoms with E-state index >= 15 is 4.39 Å². The van der Waals surface area contributed by atoms with E-state index in [4.69, 9.17) is 27.9 Å². The second-order valence-corrected chi connectivity index (χ2v) is 11.9. The molecule has 1 amide bonds. The monoisotopic (exact) mass is 610 g/mol. The van der Waals surface area contributed by atoms with Crippen molar-refractivity contribution in [2.75, 3.05) is 6.61 Å². The summed E-state index contributed by atoms with van der Waals surface area (Å²) in [5.41, 5.74) is -2.91. The summed E-state index contributed by atoms with van der Waals surface area (Å²) in [6, 6.07) is 12.7. The van der Waals surface area contributed by atoms with Crippen LogP contribution in [-0.2, 0) is 29.2 Å². The molecule has 0 spiro atoms. The second-order valence-electron chi connectivity index (χ2n) is 11.1. The van der Waals surface area contributed by atoms with Crippen LogP contribution in [0.25, 0.3) is 0 Å². The number of fused-ring (bicyclic) bond motifs is 1. The number of nitrogens with zero attached hydrogens (tertiary/aromatic N) is 4. The van der Waals surface area contributed by atoms with Crippen LogP contribution in [-0.4, -0.2) is 48.0 Å². The van der Waals surface area contributed by atoms with Crippen molar-refractivity contribution in [3.63, 3.8) is 0 Å². The van der Waals surface area contributed by atoms with Gasteiger partial charge in [-0.05, 0) is 68.7 Å². The van der Waals surface area contributed by atoms with E-state index in [0.717, 1.165) is 0 Å². The van der Waals surface area contributed by atoms with Crippen LogP contribution < -0.4 is 0 Å². The number of hydrogen-bond acceptors (Lipinski definition) is 6. The summed E-state index contributed by atoms with van der Waals surface area (Å²) in [4.78, 5) is 20.1. The van der Waals surface area contributed by atoms with Gasteiger partial charge in [0.1, 0.15) is 11.4 Å². The first-order chi connectivity index (χ1) is 20.0. The highest BCUT2D eigenvalue weighted by Crippen LogP contribution is 2.50. The number of hydrogen-bond donors (Lipinski definition) is 2. The van der Waals surface area contributed by atoms with Gasteiger partial charge in [-0.3, -0.25) is 19.4 Å². The van der Waals surface area contributed by atoms with Crippen molar-refractivity contribution in [2.45, 2.75) is 56.7 Å². The predicted molar refractivity (Wildman–Crippen MR) is 154 cm³/mol. The zero-order valence-corrected chi connectivity index (χ0v) is 24.5. The van der Waals surface area contributed by atoms with E-state index in [2.05, 4.69) is 10.1 Å². The highest BCUT2D eigenvalue weighted by molar-refractivity contribution is 6.30. The van der Waals surface area contributed by atoms with Crippen LogP contribution >= 0.6 is 23.2 Å². The van der Waals surface area contributed by atoms with Gasteiger partial charge in [0.05, 0.1) is 46.8 Å². The van der Waals surface area contributed by atoms with Crippen LogP contribution in [0.2, 0.25) is 10.0 Å². The van der Waals surface area contributed by atoms with Gasteiger partial charge in [-0.25, -0.2) is 4.39 Å². The van der Waals surface area contributed by atoms with E-state index < -0.39 is 28.7 Å². The number of carbonyl (C=O) groups excluding carboxylic acids is 1. The molecule has 1 aliphatic carbocycles. The third-order valence-corrected chi connectivity index (χ3v) is 8.56. The average molecular weight is 612 g/mol. The number of rotatable bonds is 9. The molecule has 2 aromatic carbocycles. The van der Waals surface area contributed by atoms with Crippen LogP contribution in [0, 0.1) is 5.82 Å². The molecule has 0 bridgehead atoms. The number of halogens is 3.